The summed E-state index contributed by atoms with van der Waals surface area (Å²) in [5, 5.41) is 12.6. The molecule has 0 unspecified atom stereocenters. The van der Waals surface area contributed by atoms with Crippen LogP contribution in [0.5, 0.6) is 0 Å². The van der Waals surface area contributed by atoms with Crippen LogP contribution < -0.4 is 5.32 Å². The minimum Gasteiger partial charge on any atom is -0.321 e. The van der Waals surface area contributed by atoms with Gasteiger partial charge in [-0.2, -0.15) is 5.26 Å². The van der Waals surface area contributed by atoms with E-state index in [2.05, 4.69) is 5.32 Å². The Morgan fingerprint density at radius 3 is 2.60 bits per heavy atom. The van der Waals surface area contributed by atoms with Crippen LogP contribution in [0.2, 0.25) is 5.02 Å². The molecule has 0 bridgehead atoms. The fourth-order valence-corrected chi connectivity index (χ4v) is 2.59. The van der Waals surface area contributed by atoms with Crippen LogP contribution in [-0.2, 0) is 4.79 Å². The van der Waals surface area contributed by atoms with Gasteiger partial charge in [-0.1, -0.05) is 35.9 Å². The van der Waals surface area contributed by atoms with Gasteiger partial charge in [0.25, 0.3) is 5.91 Å². The summed E-state index contributed by atoms with van der Waals surface area (Å²) in [4.78, 5) is 12.4. The maximum absolute atomic E-state index is 12.4. The fourth-order valence-electron chi connectivity index (χ4n) is 2.40. The lowest BCUT2D eigenvalue weighted by Crippen LogP contribution is -2.13. The van der Waals surface area contributed by atoms with Gasteiger partial charge in [0.15, 0.2) is 0 Å². The molecule has 1 amide bonds. The molecule has 3 aromatic rings. The van der Waals surface area contributed by atoms with Crippen LogP contribution in [0.25, 0.3) is 11.8 Å². The van der Waals surface area contributed by atoms with Gasteiger partial charge in [-0.25, -0.2) is 0 Å². The van der Waals surface area contributed by atoms with Gasteiger partial charge < -0.3 is 9.88 Å². The number of benzene rings is 2. The van der Waals surface area contributed by atoms with Gasteiger partial charge in [-0.15, -0.1) is 0 Å². The number of nitrogens with one attached hydrogen (secondary N) is 1. The number of aromatic nitrogens is 1. The van der Waals surface area contributed by atoms with Crippen LogP contribution in [0.3, 0.4) is 0 Å². The lowest BCUT2D eigenvalue weighted by atomic mass is 10.2. The van der Waals surface area contributed by atoms with Gasteiger partial charge in [0.1, 0.15) is 11.6 Å². The first-order valence-electron chi connectivity index (χ1n) is 7.59. The third kappa shape index (κ3) is 3.97. The molecule has 1 heterocycles. The van der Waals surface area contributed by atoms with E-state index >= 15 is 0 Å². The molecule has 0 atom stereocenters. The maximum atomic E-state index is 12.4. The van der Waals surface area contributed by atoms with Crippen molar-refractivity contribution in [1.29, 1.82) is 5.26 Å². The monoisotopic (exact) mass is 347 g/mol. The Labute approximate surface area is 150 Å². The zero-order valence-corrected chi connectivity index (χ0v) is 13.9. The predicted octanol–water partition coefficient (Wildman–Crippen LogP) is 4.68. The van der Waals surface area contributed by atoms with Crippen LogP contribution in [0.1, 0.15) is 5.69 Å². The molecule has 25 heavy (non-hydrogen) atoms. The largest absolute Gasteiger partial charge is 0.321 e. The average Bonchev–Trinajstić information content (AvgIpc) is 3.08. The predicted molar refractivity (Wildman–Crippen MR) is 99.4 cm³/mol. The van der Waals surface area contributed by atoms with Gasteiger partial charge in [0, 0.05) is 28.3 Å². The Balaban J connectivity index is 1.88. The minimum absolute atomic E-state index is 0.0101. The SMILES string of the molecule is N#C/C(=C/c1cccn1-c1ccccc1)C(=O)Nc1cccc(Cl)c1. The zero-order valence-electron chi connectivity index (χ0n) is 13.2. The summed E-state index contributed by atoms with van der Waals surface area (Å²) in [6.07, 6.45) is 3.44. The van der Waals surface area contributed by atoms with Crippen LogP contribution in [0.15, 0.2) is 78.5 Å². The molecule has 4 nitrogen and oxygen atoms in total. The van der Waals surface area contributed by atoms with E-state index in [0.717, 1.165) is 11.4 Å². The number of nitriles is 1. The Hall–Kier alpha value is -3.29. The van der Waals surface area contributed by atoms with Crippen molar-refractivity contribution in [2.24, 2.45) is 0 Å². The molecule has 0 radical (unpaired) electrons. The van der Waals surface area contributed by atoms with Crippen molar-refractivity contribution >= 4 is 29.3 Å². The maximum Gasteiger partial charge on any atom is 0.266 e. The molecule has 3 rings (SSSR count). The topological polar surface area (TPSA) is 57.8 Å². The molecule has 1 aromatic heterocycles. The number of carbonyl (C=O) groups excluding carboxylic acids is 1. The summed E-state index contributed by atoms with van der Waals surface area (Å²) in [6.45, 7) is 0. The van der Waals surface area contributed by atoms with Crippen LogP contribution in [0, 0.1) is 11.3 Å². The third-order valence-corrected chi connectivity index (χ3v) is 3.79. The molecule has 0 spiro atoms. The fraction of sp³-hybridized carbons (Fsp3) is 0. The van der Waals surface area contributed by atoms with Crippen molar-refractivity contribution in [3.05, 3.63) is 89.2 Å². The molecular weight excluding hydrogens is 334 g/mol. The van der Waals surface area contributed by atoms with Crippen LogP contribution in [-0.4, -0.2) is 10.5 Å². The molecule has 0 aliphatic heterocycles. The van der Waals surface area contributed by atoms with E-state index in [9.17, 15) is 10.1 Å². The molecule has 0 aliphatic rings. The third-order valence-electron chi connectivity index (χ3n) is 3.55. The molecule has 1 N–H and O–H groups in total. The van der Waals surface area contributed by atoms with Crippen molar-refractivity contribution in [2.45, 2.75) is 0 Å². The number of carbonyl (C=O) groups is 1. The lowest BCUT2D eigenvalue weighted by molar-refractivity contribution is -0.112. The molecule has 0 saturated heterocycles. The van der Waals surface area contributed by atoms with Crippen LogP contribution in [0.4, 0.5) is 5.69 Å². The molecule has 122 valence electrons. The highest BCUT2D eigenvalue weighted by atomic mass is 35.5. The van der Waals surface area contributed by atoms with E-state index in [1.165, 1.54) is 0 Å². The average molecular weight is 348 g/mol. The number of hydrogen-bond donors (Lipinski definition) is 1. The highest BCUT2D eigenvalue weighted by Crippen LogP contribution is 2.18. The smallest absolute Gasteiger partial charge is 0.266 e. The van der Waals surface area contributed by atoms with Gasteiger partial charge in [-0.05, 0) is 48.5 Å². The van der Waals surface area contributed by atoms with Crippen molar-refractivity contribution < 1.29 is 4.79 Å². The first kappa shape index (κ1) is 16.6. The van der Waals surface area contributed by atoms with Crippen LogP contribution >= 0.6 is 11.6 Å². The highest BCUT2D eigenvalue weighted by Gasteiger charge is 2.11. The van der Waals surface area contributed by atoms with Gasteiger partial charge in [0.2, 0.25) is 0 Å². The minimum atomic E-state index is -0.481. The number of halogens is 1. The van der Waals surface area contributed by atoms with E-state index < -0.39 is 5.91 Å². The van der Waals surface area contributed by atoms with Crippen molar-refractivity contribution in [3.8, 4) is 11.8 Å². The quantitative estimate of drug-likeness (QED) is 0.550. The van der Waals surface area contributed by atoms with Crippen molar-refractivity contribution in [2.75, 3.05) is 5.32 Å². The van der Waals surface area contributed by atoms with E-state index in [4.69, 9.17) is 11.6 Å². The second kappa shape index (κ2) is 7.52. The summed E-state index contributed by atoms with van der Waals surface area (Å²) in [5.74, 6) is -0.481. The Morgan fingerprint density at radius 1 is 1.08 bits per heavy atom. The number of hydrogen-bond acceptors (Lipinski definition) is 2. The zero-order chi connectivity index (χ0) is 17.6. The summed E-state index contributed by atoms with van der Waals surface area (Å²) in [6, 6.07) is 22.1. The van der Waals surface area contributed by atoms with Gasteiger partial charge >= 0.3 is 0 Å². The first-order valence-corrected chi connectivity index (χ1v) is 7.96. The highest BCUT2D eigenvalue weighted by molar-refractivity contribution is 6.31. The Kier molecular flexibility index (Phi) is 4.98. The number of anilines is 1. The molecular formula is C20H14ClN3O. The standard InChI is InChI=1S/C20H14ClN3O/c21-16-6-4-7-17(13-16)23-20(25)15(14-22)12-19-10-5-11-24(19)18-8-2-1-3-9-18/h1-13H,(H,23,25)/b15-12-. The summed E-state index contributed by atoms with van der Waals surface area (Å²) in [5.41, 5.74) is 2.24. The van der Waals surface area contributed by atoms with E-state index in [0.29, 0.717) is 10.7 Å². The first-order chi connectivity index (χ1) is 12.2. The normalized spacial score (nSPS) is 11.0. The summed E-state index contributed by atoms with van der Waals surface area (Å²) >= 11 is 5.91. The number of amides is 1. The summed E-state index contributed by atoms with van der Waals surface area (Å²) in [7, 11) is 0. The molecule has 0 fully saturated rings. The number of nitrogens with zero attached hydrogens (tertiary/aromatic N) is 2. The van der Waals surface area contributed by atoms with Crippen molar-refractivity contribution in [3.63, 3.8) is 0 Å². The van der Waals surface area contributed by atoms with E-state index in [1.54, 1.807) is 30.3 Å². The molecule has 0 aliphatic carbocycles. The second-order valence-corrected chi connectivity index (χ2v) is 5.71. The van der Waals surface area contributed by atoms with Gasteiger partial charge in [-0.3, -0.25) is 4.79 Å². The Bertz CT molecular complexity index is 968. The number of para-hydroxylation sites is 1. The second-order valence-electron chi connectivity index (χ2n) is 5.27. The van der Waals surface area contributed by atoms with E-state index in [1.807, 2.05) is 59.3 Å². The van der Waals surface area contributed by atoms with Gasteiger partial charge in [0.05, 0.1) is 0 Å². The van der Waals surface area contributed by atoms with E-state index in [-0.39, 0.29) is 5.57 Å². The lowest BCUT2D eigenvalue weighted by Gasteiger charge is -2.07. The molecule has 0 saturated carbocycles. The molecule has 2 aromatic carbocycles. The summed E-state index contributed by atoms with van der Waals surface area (Å²) < 4.78 is 1.91. The Morgan fingerprint density at radius 2 is 1.88 bits per heavy atom. The van der Waals surface area contributed by atoms with Crippen molar-refractivity contribution in [1.82, 2.24) is 4.57 Å². The molecule has 5 heteroatoms. The number of rotatable bonds is 4.